The first-order chi connectivity index (χ1) is 13.4. The summed E-state index contributed by atoms with van der Waals surface area (Å²) in [6.07, 6.45) is 7.52. The number of fused-ring (bicyclic) bond motifs is 1. The summed E-state index contributed by atoms with van der Waals surface area (Å²) in [5, 5.41) is 0. The van der Waals surface area contributed by atoms with Gasteiger partial charge in [-0.15, -0.1) is 0 Å². The van der Waals surface area contributed by atoms with Crippen LogP contribution in [-0.2, 0) is 5.41 Å². The molecule has 2 saturated heterocycles. The van der Waals surface area contributed by atoms with Gasteiger partial charge in [-0.2, -0.15) is 0 Å². The molecular formula is C21H28N6O. The highest BCUT2D eigenvalue weighted by molar-refractivity contribution is 5.45. The van der Waals surface area contributed by atoms with E-state index in [2.05, 4.69) is 51.6 Å². The van der Waals surface area contributed by atoms with Crippen LogP contribution in [0.25, 0.3) is 0 Å². The normalized spacial score (nSPS) is 24.7. The zero-order valence-corrected chi connectivity index (χ0v) is 16.9. The summed E-state index contributed by atoms with van der Waals surface area (Å²) in [4.78, 5) is 30.8. The Kier molecular flexibility index (Phi) is 3.96. The predicted molar refractivity (Wildman–Crippen MR) is 109 cm³/mol. The molecule has 2 atom stereocenters. The van der Waals surface area contributed by atoms with Crippen LogP contribution in [0.2, 0.25) is 0 Å². The van der Waals surface area contributed by atoms with E-state index in [-0.39, 0.29) is 11.0 Å². The van der Waals surface area contributed by atoms with Crippen LogP contribution < -0.4 is 15.4 Å². The van der Waals surface area contributed by atoms with Gasteiger partial charge < -0.3 is 14.4 Å². The molecule has 0 aromatic carbocycles. The monoisotopic (exact) mass is 380 g/mol. The predicted octanol–water partition coefficient (Wildman–Crippen LogP) is 2.24. The molecule has 148 valence electrons. The maximum absolute atomic E-state index is 12.8. The second kappa shape index (κ2) is 6.29. The van der Waals surface area contributed by atoms with Crippen molar-refractivity contribution in [2.24, 2.45) is 11.8 Å². The van der Waals surface area contributed by atoms with E-state index in [0.717, 1.165) is 50.5 Å². The van der Waals surface area contributed by atoms with E-state index < -0.39 is 0 Å². The zero-order valence-electron chi connectivity index (χ0n) is 16.9. The topological polar surface area (TPSA) is 67.2 Å². The molecule has 0 bridgehead atoms. The molecule has 2 unspecified atom stereocenters. The Labute approximate surface area is 165 Å². The molecule has 5 rings (SSSR count). The van der Waals surface area contributed by atoms with Crippen LogP contribution in [0, 0.1) is 11.8 Å². The van der Waals surface area contributed by atoms with Gasteiger partial charge in [-0.3, -0.25) is 4.79 Å². The Hall–Kier alpha value is -2.44. The van der Waals surface area contributed by atoms with Gasteiger partial charge in [0.05, 0.1) is 5.69 Å². The molecule has 3 fully saturated rings. The summed E-state index contributed by atoms with van der Waals surface area (Å²) in [5.41, 5.74) is 1.17. The van der Waals surface area contributed by atoms with Gasteiger partial charge in [0.2, 0.25) is 0 Å². The highest BCUT2D eigenvalue weighted by atomic mass is 16.1. The van der Waals surface area contributed by atoms with Crippen molar-refractivity contribution in [3.8, 4) is 0 Å². The van der Waals surface area contributed by atoms with Crippen LogP contribution in [-0.4, -0.2) is 45.7 Å². The summed E-state index contributed by atoms with van der Waals surface area (Å²) in [6, 6.07) is 2.52. The standard InChI is InChI=1S/C21H28N6O/c1-21(2,3)17-8-18(24-13-23-17)25-9-14-11-26(12-15(14)10-25)19-20(28)27(7-6-22-19)16-4-5-16/h6-8,13-16H,4-5,9-12H2,1-3H3. The van der Waals surface area contributed by atoms with E-state index in [1.54, 1.807) is 12.5 Å². The molecule has 7 heteroatoms. The van der Waals surface area contributed by atoms with Gasteiger partial charge in [0.25, 0.3) is 5.56 Å². The fourth-order valence-corrected chi connectivity index (χ4v) is 4.55. The second-order valence-electron chi connectivity index (χ2n) is 9.54. The molecular weight excluding hydrogens is 352 g/mol. The highest BCUT2D eigenvalue weighted by Gasteiger charge is 2.42. The van der Waals surface area contributed by atoms with E-state index in [0.29, 0.717) is 23.7 Å². The zero-order chi connectivity index (χ0) is 19.5. The number of aromatic nitrogens is 4. The van der Waals surface area contributed by atoms with Crippen LogP contribution in [0.3, 0.4) is 0 Å². The van der Waals surface area contributed by atoms with Crippen molar-refractivity contribution in [2.45, 2.75) is 45.1 Å². The van der Waals surface area contributed by atoms with Crippen LogP contribution in [0.15, 0.2) is 29.6 Å². The first kappa shape index (κ1) is 17.6. The Morgan fingerprint density at radius 1 is 0.964 bits per heavy atom. The average molecular weight is 380 g/mol. The van der Waals surface area contributed by atoms with Crippen molar-refractivity contribution < 1.29 is 0 Å². The van der Waals surface area contributed by atoms with E-state index in [4.69, 9.17) is 0 Å². The molecule has 0 spiro atoms. The Balaban J connectivity index is 1.31. The molecule has 2 aromatic heterocycles. The van der Waals surface area contributed by atoms with Crippen molar-refractivity contribution in [1.29, 1.82) is 0 Å². The third-order valence-corrected chi connectivity index (χ3v) is 6.32. The fraction of sp³-hybridized carbons (Fsp3) is 0.619. The lowest BCUT2D eigenvalue weighted by atomic mass is 9.92. The summed E-state index contributed by atoms with van der Waals surface area (Å²) in [5.74, 6) is 2.75. The first-order valence-electron chi connectivity index (χ1n) is 10.3. The maximum Gasteiger partial charge on any atom is 0.293 e. The molecule has 0 radical (unpaired) electrons. The van der Waals surface area contributed by atoms with Crippen molar-refractivity contribution >= 4 is 11.6 Å². The lowest BCUT2D eigenvalue weighted by Crippen LogP contribution is -2.34. The Bertz CT molecular complexity index is 930. The highest BCUT2D eigenvalue weighted by Crippen LogP contribution is 2.36. The van der Waals surface area contributed by atoms with Gasteiger partial charge >= 0.3 is 0 Å². The summed E-state index contributed by atoms with van der Waals surface area (Å²) in [7, 11) is 0. The molecule has 0 N–H and O–H groups in total. The van der Waals surface area contributed by atoms with Crippen molar-refractivity contribution in [1.82, 2.24) is 19.5 Å². The Morgan fingerprint density at radius 3 is 2.29 bits per heavy atom. The number of anilines is 2. The van der Waals surface area contributed by atoms with E-state index >= 15 is 0 Å². The number of rotatable bonds is 3. The molecule has 1 saturated carbocycles. The number of hydrogen-bond donors (Lipinski definition) is 0. The van der Waals surface area contributed by atoms with Gasteiger partial charge in [-0.25, -0.2) is 15.0 Å². The SMILES string of the molecule is CC(C)(C)c1cc(N2CC3CN(c4nccn(C5CC5)c4=O)CC3C2)ncn1. The molecule has 2 aromatic rings. The Morgan fingerprint density at radius 2 is 1.64 bits per heavy atom. The average Bonchev–Trinajstić information content (AvgIpc) is 3.30. The maximum atomic E-state index is 12.8. The van der Waals surface area contributed by atoms with Crippen molar-refractivity contribution in [3.63, 3.8) is 0 Å². The van der Waals surface area contributed by atoms with Crippen LogP contribution in [0.4, 0.5) is 11.6 Å². The molecule has 4 heterocycles. The van der Waals surface area contributed by atoms with E-state index in [9.17, 15) is 4.79 Å². The summed E-state index contributed by atoms with van der Waals surface area (Å²) in [6.45, 7) is 10.3. The van der Waals surface area contributed by atoms with Crippen LogP contribution in [0.5, 0.6) is 0 Å². The first-order valence-corrected chi connectivity index (χ1v) is 10.3. The minimum atomic E-state index is 0.0184. The molecule has 0 amide bonds. The third kappa shape index (κ3) is 3.06. The smallest absolute Gasteiger partial charge is 0.293 e. The molecule has 7 nitrogen and oxygen atoms in total. The largest absolute Gasteiger partial charge is 0.356 e. The quantitative estimate of drug-likeness (QED) is 0.814. The minimum absolute atomic E-state index is 0.0184. The van der Waals surface area contributed by atoms with Gasteiger partial charge in [0.1, 0.15) is 12.1 Å². The lowest BCUT2D eigenvalue weighted by molar-refractivity contribution is 0.533. The van der Waals surface area contributed by atoms with Crippen molar-refractivity contribution in [3.05, 3.63) is 40.8 Å². The van der Waals surface area contributed by atoms with Gasteiger partial charge in [-0.05, 0) is 12.8 Å². The van der Waals surface area contributed by atoms with Crippen LogP contribution >= 0.6 is 0 Å². The minimum Gasteiger partial charge on any atom is -0.356 e. The molecule has 28 heavy (non-hydrogen) atoms. The van der Waals surface area contributed by atoms with Gasteiger partial charge in [-0.1, -0.05) is 20.8 Å². The fourth-order valence-electron chi connectivity index (χ4n) is 4.55. The molecule has 3 aliphatic rings. The van der Waals surface area contributed by atoms with Crippen LogP contribution in [0.1, 0.15) is 45.3 Å². The second-order valence-corrected chi connectivity index (χ2v) is 9.54. The molecule has 1 aliphatic carbocycles. The van der Waals surface area contributed by atoms with E-state index in [1.807, 2.05) is 10.8 Å². The molecule has 2 aliphatic heterocycles. The summed E-state index contributed by atoms with van der Waals surface area (Å²) >= 11 is 0. The van der Waals surface area contributed by atoms with E-state index in [1.165, 1.54) is 0 Å². The number of nitrogens with zero attached hydrogens (tertiary/aromatic N) is 6. The third-order valence-electron chi connectivity index (χ3n) is 6.32. The van der Waals surface area contributed by atoms with Gasteiger partial charge in [0.15, 0.2) is 5.82 Å². The lowest BCUT2D eigenvalue weighted by Gasteiger charge is -2.24. The van der Waals surface area contributed by atoms with Gasteiger partial charge in [0, 0.05) is 67.9 Å². The van der Waals surface area contributed by atoms with Crippen molar-refractivity contribution in [2.75, 3.05) is 36.0 Å². The number of hydrogen-bond acceptors (Lipinski definition) is 6. The summed E-state index contributed by atoms with van der Waals surface area (Å²) < 4.78 is 1.87.